The summed E-state index contributed by atoms with van der Waals surface area (Å²) in [4.78, 5) is 12.2. The maximum absolute atomic E-state index is 13.7. The van der Waals surface area contributed by atoms with Crippen molar-refractivity contribution < 1.29 is 17.6 Å². The Morgan fingerprint density at radius 2 is 1.70 bits per heavy atom. The van der Waals surface area contributed by atoms with Crippen LogP contribution in [0.5, 0.6) is 0 Å². The summed E-state index contributed by atoms with van der Waals surface area (Å²) in [5, 5.41) is 2.79. The molecule has 0 aliphatic rings. The average Bonchev–Trinajstić information content (AvgIpc) is 2.54. The number of carbonyl (C=O) groups excluding carboxylic acids is 1. The van der Waals surface area contributed by atoms with Crippen LogP contribution in [0.1, 0.15) is 23.1 Å². The standard InChI is InChI=1S/C20H25FN2O3S/c1-15-12-16(2)14-18(13-15)22-20(24)9-11-23(27(3,25)26)10-8-17-6-4-5-7-19(17)21/h4-7,12-14H,8-11H2,1-3H3,(H,22,24). The van der Waals surface area contributed by atoms with Crippen molar-refractivity contribution in [3.05, 3.63) is 65.0 Å². The highest BCUT2D eigenvalue weighted by atomic mass is 32.2. The predicted octanol–water partition coefficient (Wildman–Crippen LogP) is 3.28. The van der Waals surface area contributed by atoms with Gasteiger partial charge in [0.25, 0.3) is 0 Å². The van der Waals surface area contributed by atoms with Crippen molar-refractivity contribution >= 4 is 21.6 Å². The molecule has 2 rings (SSSR count). The lowest BCUT2D eigenvalue weighted by Crippen LogP contribution is -2.34. The zero-order valence-electron chi connectivity index (χ0n) is 15.8. The quantitative estimate of drug-likeness (QED) is 0.750. The Bertz CT molecular complexity index is 893. The van der Waals surface area contributed by atoms with Gasteiger partial charge >= 0.3 is 0 Å². The molecule has 1 N–H and O–H groups in total. The highest BCUT2D eigenvalue weighted by Gasteiger charge is 2.18. The maximum atomic E-state index is 13.7. The molecular formula is C20H25FN2O3S. The van der Waals surface area contributed by atoms with Crippen molar-refractivity contribution in [2.45, 2.75) is 26.7 Å². The molecule has 0 bridgehead atoms. The Morgan fingerprint density at radius 3 is 2.30 bits per heavy atom. The molecule has 7 heteroatoms. The first-order valence-corrected chi connectivity index (χ1v) is 10.6. The molecule has 2 aromatic rings. The lowest BCUT2D eigenvalue weighted by molar-refractivity contribution is -0.116. The van der Waals surface area contributed by atoms with E-state index in [0.29, 0.717) is 11.3 Å². The Morgan fingerprint density at radius 1 is 1.07 bits per heavy atom. The van der Waals surface area contributed by atoms with E-state index < -0.39 is 10.0 Å². The van der Waals surface area contributed by atoms with Crippen molar-refractivity contribution in [1.82, 2.24) is 4.31 Å². The van der Waals surface area contributed by atoms with Gasteiger partial charge in [-0.15, -0.1) is 0 Å². The number of rotatable bonds is 8. The average molecular weight is 392 g/mol. The number of nitrogens with zero attached hydrogens (tertiary/aromatic N) is 1. The van der Waals surface area contributed by atoms with Crippen molar-refractivity contribution in [3.8, 4) is 0 Å². The van der Waals surface area contributed by atoms with E-state index >= 15 is 0 Å². The molecule has 0 heterocycles. The molecule has 0 aliphatic carbocycles. The molecule has 0 saturated heterocycles. The van der Waals surface area contributed by atoms with E-state index in [-0.39, 0.29) is 37.7 Å². The van der Waals surface area contributed by atoms with Crippen LogP contribution >= 0.6 is 0 Å². The monoisotopic (exact) mass is 392 g/mol. The minimum absolute atomic E-state index is 0.0251. The van der Waals surface area contributed by atoms with Crippen molar-refractivity contribution in [2.24, 2.45) is 0 Å². The third-order valence-electron chi connectivity index (χ3n) is 4.15. The Kier molecular flexibility index (Phi) is 7.10. The number of benzene rings is 2. The molecule has 5 nitrogen and oxygen atoms in total. The zero-order valence-corrected chi connectivity index (χ0v) is 16.6. The van der Waals surface area contributed by atoms with Gasteiger partial charge in [0.2, 0.25) is 15.9 Å². The SMILES string of the molecule is Cc1cc(C)cc(NC(=O)CCN(CCc2ccccc2F)S(C)(=O)=O)c1. The van der Waals surface area contributed by atoms with E-state index in [2.05, 4.69) is 5.32 Å². The van der Waals surface area contributed by atoms with Gasteiger partial charge in [-0.05, 0) is 55.2 Å². The minimum atomic E-state index is -3.50. The van der Waals surface area contributed by atoms with E-state index in [4.69, 9.17) is 0 Å². The van der Waals surface area contributed by atoms with Crippen LogP contribution in [0, 0.1) is 19.7 Å². The van der Waals surface area contributed by atoms with Crippen LogP contribution in [0.25, 0.3) is 0 Å². The van der Waals surface area contributed by atoms with Crippen molar-refractivity contribution in [1.29, 1.82) is 0 Å². The molecule has 146 valence electrons. The Hall–Kier alpha value is -2.25. The second-order valence-corrected chi connectivity index (χ2v) is 8.66. The second kappa shape index (κ2) is 9.10. The van der Waals surface area contributed by atoms with E-state index in [9.17, 15) is 17.6 Å². The highest BCUT2D eigenvalue weighted by Crippen LogP contribution is 2.14. The van der Waals surface area contributed by atoms with Gasteiger partial charge in [-0.2, -0.15) is 0 Å². The molecular weight excluding hydrogens is 367 g/mol. The molecule has 0 unspecified atom stereocenters. The van der Waals surface area contributed by atoms with E-state index in [0.717, 1.165) is 17.4 Å². The summed E-state index contributed by atoms with van der Waals surface area (Å²) in [5.74, 6) is -0.627. The Labute approximate surface area is 160 Å². The molecule has 2 aromatic carbocycles. The highest BCUT2D eigenvalue weighted by molar-refractivity contribution is 7.88. The van der Waals surface area contributed by atoms with Gasteiger partial charge in [-0.1, -0.05) is 24.3 Å². The van der Waals surface area contributed by atoms with Gasteiger partial charge in [0.1, 0.15) is 5.82 Å². The van der Waals surface area contributed by atoms with Crippen LogP contribution in [0.2, 0.25) is 0 Å². The minimum Gasteiger partial charge on any atom is -0.326 e. The largest absolute Gasteiger partial charge is 0.326 e. The maximum Gasteiger partial charge on any atom is 0.225 e. The summed E-state index contributed by atoms with van der Waals surface area (Å²) in [5.41, 5.74) is 3.21. The molecule has 27 heavy (non-hydrogen) atoms. The van der Waals surface area contributed by atoms with Crippen LogP contribution in [-0.4, -0.2) is 38.0 Å². The summed E-state index contributed by atoms with van der Waals surface area (Å²) >= 11 is 0. The summed E-state index contributed by atoms with van der Waals surface area (Å²) in [7, 11) is -3.50. The molecule has 0 spiro atoms. The third kappa shape index (κ3) is 6.77. The van der Waals surface area contributed by atoms with E-state index in [1.165, 1.54) is 10.4 Å². The summed E-state index contributed by atoms with van der Waals surface area (Å²) in [6, 6.07) is 12.0. The van der Waals surface area contributed by atoms with Gasteiger partial charge in [-0.3, -0.25) is 4.79 Å². The first-order valence-electron chi connectivity index (χ1n) is 8.72. The molecule has 0 saturated carbocycles. The first-order chi connectivity index (χ1) is 12.6. The van der Waals surface area contributed by atoms with E-state index in [1.54, 1.807) is 18.2 Å². The molecule has 0 aliphatic heterocycles. The molecule has 0 radical (unpaired) electrons. The number of hydrogen-bond donors (Lipinski definition) is 1. The summed E-state index contributed by atoms with van der Waals surface area (Å²) in [6.45, 7) is 4.05. The number of sulfonamides is 1. The van der Waals surface area contributed by atoms with Gasteiger partial charge < -0.3 is 5.32 Å². The van der Waals surface area contributed by atoms with Crippen molar-refractivity contribution in [2.75, 3.05) is 24.7 Å². The van der Waals surface area contributed by atoms with Gasteiger partial charge in [0.05, 0.1) is 6.26 Å². The molecule has 0 atom stereocenters. The number of amides is 1. The molecule has 1 amide bonds. The first kappa shape index (κ1) is 21.1. The van der Waals surface area contributed by atoms with E-state index in [1.807, 2.05) is 32.0 Å². The summed E-state index contributed by atoms with van der Waals surface area (Å²) < 4.78 is 38.9. The number of aryl methyl sites for hydroxylation is 2. The number of halogens is 1. The number of nitrogens with one attached hydrogen (secondary N) is 1. The smallest absolute Gasteiger partial charge is 0.225 e. The molecule has 0 fully saturated rings. The predicted molar refractivity (Wildman–Crippen MR) is 106 cm³/mol. The number of carbonyl (C=O) groups is 1. The fourth-order valence-electron chi connectivity index (χ4n) is 2.89. The fraction of sp³-hybridized carbons (Fsp3) is 0.350. The van der Waals surface area contributed by atoms with Gasteiger partial charge in [-0.25, -0.2) is 17.1 Å². The van der Waals surface area contributed by atoms with Crippen LogP contribution in [-0.2, 0) is 21.2 Å². The summed E-state index contributed by atoms with van der Waals surface area (Å²) in [6.07, 6.45) is 1.37. The number of anilines is 1. The number of hydrogen-bond acceptors (Lipinski definition) is 3. The topological polar surface area (TPSA) is 66.5 Å². The van der Waals surface area contributed by atoms with Gasteiger partial charge in [0.15, 0.2) is 0 Å². The van der Waals surface area contributed by atoms with Crippen LogP contribution < -0.4 is 5.32 Å². The van der Waals surface area contributed by atoms with Crippen molar-refractivity contribution in [3.63, 3.8) is 0 Å². The lowest BCUT2D eigenvalue weighted by atomic mass is 10.1. The van der Waals surface area contributed by atoms with Crippen LogP contribution in [0.3, 0.4) is 0 Å². The zero-order chi connectivity index (χ0) is 20.0. The lowest BCUT2D eigenvalue weighted by Gasteiger charge is -2.20. The van der Waals surface area contributed by atoms with Gasteiger partial charge in [0, 0.05) is 25.2 Å². The third-order valence-corrected chi connectivity index (χ3v) is 5.45. The fourth-order valence-corrected chi connectivity index (χ4v) is 3.73. The molecule has 0 aromatic heterocycles. The van der Waals surface area contributed by atoms with Crippen LogP contribution in [0.15, 0.2) is 42.5 Å². The second-order valence-electron chi connectivity index (χ2n) is 6.68. The van der Waals surface area contributed by atoms with Crippen LogP contribution in [0.4, 0.5) is 10.1 Å². The normalized spacial score (nSPS) is 11.6. The Balaban J connectivity index is 1.96.